The standard InChI is InChI=1S/C18H24N2O4S/c1-12-4-3-5-13(10-12)15(21)20-14(6-9-25-2)16(22)19-11-18(7-8-18)17(23)24/h3-5,10,14H,6-9,11H2,1-2H3,(H,19,22)(H,20,21)(H,23,24). The lowest BCUT2D eigenvalue weighted by Crippen LogP contribution is -2.48. The van der Waals surface area contributed by atoms with E-state index < -0.39 is 17.4 Å². The van der Waals surface area contributed by atoms with Crippen molar-refractivity contribution in [2.75, 3.05) is 18.6 Å². The quantitative estimate of drug-likeness (QED) is 0.621. The van der Waals surface area contributed by atoms with Gasteiger partial charge in [-0.3, -0.25) is 14.4 Å². The van der Waals surface area contributed by atoms with Crippen LogP contribution < -0.4 is 10.6 Å². The second kappa shape index (κ2) is 8.38. The average Bonchev–Trinajstić information content (AvgIpc) is 3.37. The zero-order valence-electron chi connectivity index (χ0n) is 14.5. The number of thioether (sulfide) groups is 1. The first-order chi connectivity index (χ1) is 11.9. The number of carbonyl (C=O) groups excluding carboxylic acids is 2. The van der Waals surface area contributed by atoms with E-state index in [1.165, 1.54) is 0 Å². The molecule has 25 heavy (non-hydrogen) atoms. The zero-order valence-corrected chi connectivity index (χ0v) is 15.3. The minimum absolute atomic E-state index is 0.108. The van der Waals surface area contributed by atoms with Crippen molar-refractivity contribution in [1.82, 2.24) is 10.6 Å². The lowest BCUT2D eigenvalue weighted by molar-refractivity contribution is -0.143. The van der Waals surface area contributed by atoms with Crippen LogP contribution >= 0.6 is 11.8 Å². The molecule has 0 heterocycles. The molecule has 0 aromatic heterocycles. The summed E-state index contributed by atoms with van der Waals surface area (Å²) in [7, 11) is 0. The molecular formula is C18H24N2O4S. The van der Waals surface area contributed by atoms with E-state index >= 15 is 0 Å². The molecule has 3 N–H and O–H groups in total. The summed E-state index contributed by atoms with van der Waals surface area (Å²) < 4.78 is 0. The second-order valence-electron chi connectivity index (χ2n) is 6.48. The van der Waals surface area contributed by atoms with Crippen molar-refractivity contribution in [3.8, 4) is 0 Å². The molecule has 0 bridgehead atoms. The summed E-state index contributed by atoms with van der Waals surface area (Å²) in [5, 5.41) is 14.7. The molecule has 0 aliphatic heterocycles. The van der Waals surface area contributed by atoms with Gasteiger partial charge in [0.05, 0.1) is 5.41 Å². The van der Waals surface area contributed by atoms with E-state index in [9.17, 15) is 19.5 Å². The first-order valence-corrected chi connectivity index (χ1v) is 9.65. The number of hydrogen-bond donors (Lipinski definition) is 3. The van der Waals surface area contributed by atoms with Crippen molar-refractivity contribution in [3.05, 3.63) is 35.4 Å². The summed E-state index contributed by atoms with van der Waals surface area (Å²) in [5.41, 5.74) is 0.654. The predicted molar refractivity (Wildman–Crippen MR) is 97.7 cm³/mol. The molecule has 1 aliphatic rings. The van der Waals surface area contributed by atoms with Gasteiger partial charge < -0.3 is 15.7 Å². The van der Waals surface area contributed by atoms with Gasteiger partial charge in [0.1, 0.15) is 6.04 Å². The maximum Gasteiger partial charge on any atom is 0.311 e. The molecule has 1 saturated carbocycles. The highest BCUT2D eigenvalue weighted by atomic mass is 32.2. The molecule has 7 heteroatoms. The maximum atomic E-state index is 12.5. The lowest BCUT2D eigenvalue weighted by Gasteiger charge is -2.20. The average molecular weight is 364 g/mol. The molecule has 136 valence electrons. The number of hydrogen-bond acceptors (Lipinski definition) is 4. The van der Waals surface area contributed by atoms with Crippen molar-refractivity contribution >= 4 is 29.5 Å². The second-order valence-corrected chi connectivity index (χ2v) is 7.47. The molecule has 1 aromatic rings. The smallest absolute Gasteiger partial charge is 0.311 e. The normalized spacial score (nSPS) is 15.9. The first kappa shape index (κ1) is 19.3. The van der Waals surface area contributed by atoms with E-state index in [2.05, 4.69) is 10.6 Å². The largest absolute Gasteiger partial charge is 0.481 e. The highest BCUT2D eigenvalue weighted by molar-refractivity contribution is 7.98. The predicted octanol–water partition coefficient (Wildman–Crippen LogP) is 1.83. The van der Waals surface area contributed by atoms with Crippen molar-refractivity contribution in [3.63, 3.8) is 0 Å². The molecule has 1 aliphatic carbocycles. The van der Waals surface area contributed by atoms with Gasteiger partial charge in [-0.05, 0) is 50.3 Å². The van der Waals surface area contributed by atoms with E-state index in [0.29, 0.717) is 24.8 Å². The monoisotopic (exact) mass is 364 g/mol. The summed E-state index contributed by atoms with van der Waals surface area (Å²) in [4.78, 5) is 36.1. The van der Waals surface area contributed by atoms with Gasteiger partial charge in [-0.2, -0.15) is 11.8 Å². The van der Waals surface area contributed by atoms with Gasteiger partial charge >= 0.3 is 5.97 Å². The van der Waals surface area contributed by atoms with E-state index in [-0.39, 0.29) is 18.4 Å². The summed E-state index contributed by atoms with van der Waals surface area (Å²) in [6.45, 7) is 2.01. The molecular weight excluding hydrogens is 340 g/mol. The van der Waals surface area contributed by atoms with Crippen molar-refractivity contribution in [1.29, 1.82) is 0 Å². The van der Waals surface area contributed by atoms with Crippen molar-refractivity contribution < 1.29 is 19.5 Å². The molecule has 6 nitrogen and oxygen atoms in total. The zero-order chi connectivity index (χ0) is 18.4. The number of carboxylic acid groups (broad SMARTS) is 1. The Labute approximate surface area is 151 Å². The molecule has 0 spiro atoms. The van der Waals surface area contributed by atoms with Crippen LogP contribution in [0.25, 0.3) is 0 Å². The Balaban J connectivity index is 1.98. The number of amides is 2. The fraction of sp³-hybridized carbons (Fsp3) is 0.500. The fourth-order valence-corrected chi connectivity index (χ4v) is 3.00. The fourth-order valence-electron chi connectivity index (χ4n) is 2.53. The van der Waals surface area contributed by atoms with Gasteiger partial charge in [-0.25, -0.2) is 0 Å². The highest BCUT2D eigenvalue weighted by Crippen LogP contribution is 2.45. The summed E-state index contributed by atoms with van der Waals surface area (Å²) in [6.07, 6.45) is 3.58. The Bertz CT molecular complexity index is 658. The van der Waals surface area contributed by atoms with Crippen molar-refractivity contribution in [2.24, 2.45) is 5.41 Å². The summed E-state index contributed by atoms with van der Waals surface area (Å²) in [6, 6.07) is 6.49. The lowest BCUT2D eigenvalue weighted by atomic mass is 10.1. The number of nitrogens with one attached hydrogen (secondary N) is 2. The third-order valence-corrected chi connectivity index (χ3v) is 5.06. The number of benzene rings is 1. The van der Waals surface area contributed by atoms with Gasteiger partial charge in [-0.1, -0.05) is 17.7 Å². The molecule has 0 saturated heterocycles. The van der Waals surface area contributed by atoms with E-state index in [1.54, 1.807) is 30.0 Å². The van der Waals surface area contributed by atoms with Crippen molar-refractivity contribution in [2.45, 2.75) is 32.2 Å². The number of aliphatic carboxylic acids is 1. The Hall–Kier alpha value is -2.02. The van der Waals surface area contributed by atoms with Gasteiger partial charge in [-0.15, -0.1) is 0 Å². The Morgan fingerprint density at radius 2 is 2.04 bits per heavy atom. The van der Waals surface area contributed by atoms with Crippen LogP contribution in [0.2, 0.25) is 0 Å². The van der Waals surface area contributed by atoms with Crippen LogP contribution in [-0.4, -0.2) is 47.5 Å². The molecule has 1 atom stereocenters. The molecule has 0 radical (unpaired) electrons. The number of aryl methyl sites for hydroxylation is 1. The van der Waals surface area contributed by atoms with Gasteiger partial charge in [0.25, 0.3) is 5.91 Å². The third kappa shape index (κ3) is 5.22. The number of rotatable bonds is 9. The molecule has 2 amide bonds. The van der Waals surface area contributed by atoms with Crippen LogP contribution in [0.15, 0.2) is 24.3 Å². The van der Waals surface area contributed by atoms with E-state index in [4.69, 9.17) is 0 Å². The van der Waals surface area contributed by atoms with Gasteiger partial charge in [0.15, 0.2) is 0 Å². The highest BCUT2D eigenvalue weighted by Gasteiger charge is 2.50. The number of carbonyl (C=O) groups is 3. The van der Waals surface area contributed by atoms with Gasteiger partial charge in [0.2, 0.25) is 5.91 Å². The van der Waals surface area contributed by atoms with E-state index in [1.807, 2.05) is 19.2 Å². The molecule has 1 aromatic carbocycles. The molecule has 1 fully saturated rings. The molecule has 2 rings (SSSR count). The van der Waals surface area contributed by atoms with Crippen LogP contribution in [0.5, 0.6) is 0 Å². The third-order valence-electron chi connectivity index (χ3n) is 4.42. The Morgan fingerprint density at radius 3 is 2.60 bits per heavy atom. The first-order valence-electron chi connectivity index (χ1n) is 8.25. The van der Waals surface area contributed by atoms with Gasteiger partial charge in [0, 0.05) is 12.1 Å². The van der Waals surface area contributed by atoms with Crippen LogP contribution in [0, 0.1) is 12.3 Å². The van der Waals surface area contributed by atoms with Crippen LogP contribution in [0.4, 0.5) is 0 Å². The maximum absolute atomic E-state index is 12.5. The summed E-state index contributed by atoms with van der Waals surface area (Å²) >= 11 is 1.59. The topological polar surface area (TPSA) is 95.5 Å². The minimum Gasteiger partial charge on any atom is -0.481 e. The van der Waals surface area contributed by atoms with Crippen LogP contribution in [-0.2, 0) is 9.59 Å². The van der Waals surface area contributed by atoms with E-state index in [0.717, 1.165) is 11.3 Å². The number of carboxylic acids is 1. The Kier molecular flexibility index (Phi) is 6.47. The Morgan fingerprint density at radius 1 is 1.32 bits per heavy atom. The molecule has 1 unspecified atom stereocenters. The SMILES string of the molecule is CSCCC(NC(=O)c1cccc(C)c1)C(=O)NCC1(C(=O)O)CC1. The van der Waals surface area contributed by atoms with Crippen LogP contribution in [0.3, 0.4) is 0 Å². The van der Waals surface area contributed by atoms with Crippen LogP contribution in [0.1, 0.15) is 35.2 Å². The minimum atomic E-state index is -0.878. The summed E-state index contributed by atoms with van der Waals surface area (Å²) in [5.74, 6) is -0.792.